The lowest BCUT2D eigenvalue weighted by molar-refractivity contribution is 0.582. The summed E-state index contributed by atoms with van der Waals surface area (Å²) in [6, 6.07) is 3.87. The van der Waals surface area contributed by atoms with E-state index in [4.69, 9.17) is 4.42 Å². The minimum absolute atomic E-state index is 0.928. The lowest BCUT2D eigenvalue weighted by Crippen LogP contribution is -1.75. The van der Waals surface area contributed by atoms with E-state index in [9.17, 15) is 0 Å². The zero-order valence-corrected chi connectivity index (χ0v) is 9.22. The molecule has 2 heterocycles. The second-order valence-electron chi connectivity index (χ2n) is 2.93. The summed E-state index contributed by atoms with van der Waals surface area (Å²) in [5.74, 6) is 0.928. The van der Waals surface area contributed by atoms with Gasteiger partial charge >= 0.3 is 0 Å². The summed E-state index contributed by atoms with van der Waals surface area (Å²) >= 11 is 0. The standard InChI is InChI=1S/C10H11NO.C2H6/c1-7-8(2)11-6-9(7)10-4-3-5-12-10;1-2/h3-6,11H,1-2H3;1-2H3. The number of H-pyrrole nitrogens is 1. The SMILES string of the molecule is CC.Cc1[nH]cc(-c2ccco2)c1C. The highest BCUT2D eigenvalue weighted by molar-refractivity contribution is 5.62. The van der Waals surface area contributed by atoms with Gasteiger partial charge in [-0.05, 0) is 31.5 Å². The fourth-order valence-corrected chi connectivity index (χ4v) is 1.29. The average molecular weight is 191 g/mol. The summed E-state index contributed by atoms with van der Waals surface area (Å²) in [5.41, 5.74) is 3.60. The Labute approximate surface area is 85.0 Å². The van der Waals surface area contributed by atoms with Gasteiger partial charge in [0.1, 0.15) is 5.76 Å². The summed E-state index contributed by atoms with van der Waals surface area (Å²) in [4.78, 5) is 3.17. The van der Waals surface area contributed by atoms with Crippen LogP contribution in [0.5, 0.6) is 0 Å². The normalized spacial score (nSPS) is 9.43. The number of aryl methyl sites for hydroxylation is 1. The first-order valence-electron chi connectivity index (χ1n) is 4.97. The molecule has 0 unspecified atom stereocenters. The highest BCUT2D eigenvalue weighted by Crippen LogP contribution is 2.25. The van der Waals surface area contributed by atoms with Gasteiger partial charge < -0.3 is 9.40 Å². The van der Waals surface area contributed by atoms with Crippen LogP contribution in [0.25, 0.3) is 11.3 Å². The van der Waals surface area contributed by atoms with Gasteiger partial charge in [-0.3, -0.25) is 0 Å². The highest BCUT2D eigenvalue weighted by Gasteiger charge is 2.06. The fraction of sp³-hybridized carbons (Fsp3) is 0.333. The van der Waals surface area contributed by atoms with Crippen molar-refractivity contribution in [2.24, 2.45) is 0 Å². The molecule has 2 nitrogen and oxygen atoms in total. The molecule has 0 saturated carbocycles. The zero-order valence-electron chi connectivity index (χ0n) is 9.22. The molecular weight excluding hydrogens is 174 g/mol. The van der Waals surface area contributed by atoms with Crippen LogP contribution >= 0.6 is 0 Å². The van der Waals surface area contributed by atoms with Crippen LogP contribution in [0.3, 0.4) is 0 Å². The minimum Gasteiger partial charge on any atom is -0.464 e. The van der Waals surface area contributed by atoms with E-state index in [2.05, 4.69) is 18.8 Å². The van der Waals surface area contributed by atoms with Crippen molar-refractivity contribution in [3.8, 4) is 11.3 Å². The Morgan fingerprint density at radius 1 is 1.21 bits per heavy atom. The van der Waals surface area contributed by atoms with Crippen LogP contribution in [-0.4, -0.2) is 4.98 Å². The van der Waals surface area contributed by atoms with Crippen LogP contribution in [0.2, 0.25) is 0 Å². The molecule has 0 aliphatic carbocycles. The molecule has 1 N–H and O–H groups in total. The summed E-state index contributed by atoms with van der Waals surface area (Å²) in [7, 11) is 0. The molecule has 2 heteroatoms. The largest absolute Gasteiger partial charge is 0.464 e. The zero-order chi connectivity index (χ0) is 10.6. The molecule has 76 valence electrons. The van der Waals surface area contributed by atoms with E-state index in [1.165, 1.54) is 11.3 Å². The Kier molecular flexibility index (Phi) is 3.57. The maximum atomic E-state index is 5.29. The molecule has 0 aromatic carbocycles. The summed E-state index contributed by atoms with van der Waals surface area (Å²) in [6.07, 6.45) is 3.67. The van der Waals surface area contributed by atoms with Gasteiger partial charge in [0.2, 0.25) is 0 Å². The van der Waals surface area contributed by atoms with Gasteiger partial charge in [0.25, 0.3) is 0 Å². The Bertz CT molecular complexity index is 371. The first-order valence-corrected chi connectivity index (χ1v) is 4.97. The van der Waals surface area contributed by atoms with E-state index in [0.717, 1.165) is 11.3 Å². The summed E-state index contributed by atoms with van der Waals surface area (Å²) in [6.45, 7) is 8.14. The van der Waals surface area contributed by atoms with Crippen LogP contribution in [0.1, 0.15) is 25.1 Å². The van der Waals surface area contributed by atoms with E-state index < -0.39 is 0 Å². The Morgan fingerprint density at radius 2 is 1.93 bits per heavy atom. The lowest BCUT2D eigenvalue weighted by Gasteiger charge is -1.93. The highest BCUT2D eigenvalue weighted by atomic mass is 16.3. The number of aromatic nitrogens is 1. The van der Waals surface area contributed by atoms with Gasteiger partial charge in [-0.2, -0.15) is 0 Å². The monoisotopic (exact) mass is 191 g/mol. The van der Waals surface area contributed by atoms with Crippen molar-refractivity contribution in [2.75, 3.05) is 0 Å². The Morgan fingerprint density at radius 3 is 2.36 bits per heavy atom. The van der Waals surface area contributed by atoms with Gasteiger partial charge in [0, 0.05) is 17.5 Å². The van der Waals surface area contributed by atoms with Crippen LogP contribution in [0, 0.1) is 13.8 Å². The number of nitrogens with one attached hydrogen (secondary N) is 1. The van der Waals surface area contributed by atoms with Crippen LogP contribution in [0.4, 0.5) is 0 Å². The van der Waals surface area contributed by atoms with Gasteiger partial charge in [-0.15, -0.1) is 0 Å². The summed E-state index contributed by atoms with van der Waals surface area (Å²) < 4.78 is 5.29. The maximum absolute atomic E-state index is 5.29. The topological polar surface area (TPSA) is 28.9 Å². The third-order valence-corrected chi connectivity index (χ3v) is 2.19. The molecule has 0 fully saturated rings. The third-order valence-electron chi connectivity index (χ3n) is 2.19. The number of rotatable bonds is 1. The van der Waals surface area contributed by atoms with Crippen LogP contribution in [0.15, 0.2) is 29.0 Å². The maximum Gasteiger partial charge on any atom is 0.135 e. The molecule has 0 aliphatic heterocycles. The third kappa shape index (κ3) is 1.90. The molecule has 2 aromatic heterocycles. The molecule has 2 rings (SSSR count). The molecule has 0 atom stereocenters. The molecule has 2 aromatic rings. The van der Waals surface area contributed by atoms with E-state index >= 15 is 0 Å². The van der Waals surface area contributed by atoms with Crippen LogP contribution < -0.4 is 0 Å². The second kappa shape index (κ2) is 4.70. The first-order chi connectivity index (χ1) is 6.79. The fourth-order valence-electron chi connectivity index (χ4n) is 1.29. The molecule has 0 bridgehead atoms. The van der Waals surface area contributed by atoms with Gasteiger partial charge in [-0.1, -0.05) is 13.8 Å². The van der Waals surface area contributed by atoms with Crippen molar-refractivity contribution in [2.45, 2.75) is 27.7 Å². The van der Waals surface area contributed by atoms with E-state index in [-0.39, 0.29) is 0 Å². The van der Waals surface area contributed by atoms with Crippen molar-refractivity contribution in [3.05, 3.63) is 35.9 Å². The van der Waals surface area contributed by atoms with Crippen molar-refractivity contribution in [3.63, 3.8) is 0 Å². The minimum atomic E-state index is 0.928. The quantitative estimate of drug-likeness (QED) is 0.727. The average Bonchev–Trinajstić information content (AvgIpc) is 2.82. The molecule has 0 amide bonds. The molecule has 14 heavy (non-hydrogen) atoms. The van der Waals surface area contributed by atoms with Gasteiger partial charge in [0.15, 0.2) is 0 Å². The van der Waals surface area contributed by atoms with E-state index in [0.29, 0.717) is 0 Å². The Hall–Kier alpha value is -1.44. The Balaban J connectivity index is 0.000000461. The van der Waals surface area contributed by atoms with Crippen molar-refractivity contribution < 1.29 is 4.42 Å². The summed E-state index contributed by atoms with van der Waals surface area (Å²) in [5, 5.41) is 0. The number of hydrogen-bond acceptors (Lipinski definition) is 1. The number of aromatic amines is 1. The predicted octanol–water partition coefficient (Wildman–Crippen LogP) is 3.92. The van der Waals surface area contributed by atoms with Crippen molar-refractivity contribution >= 4 is 0 Å². The van der Waals surface area contributed by atoms with E-state index in [1.807, 2.05) is 32.2 Å². The number of furan rings is 1. The van der Waals surface area contributed by atoms with Crippen molar-refractivity contribution in [1.29, 1.82) is 0 Å². The van der Waals surface area contributed by atoms with Gasteiger partial charge in [0.05, 0.1) is 6.26 Å². The lowest BCUT2D eigenvalue weighted by atomic mass is 10.1. The number of hydrogen-bond donors (Lipinski definition) is 1. The second-order valence-corrected chi connectivity index (χ2v) is 2.93. The van der Waals surface area contributed by atoms with E-state index in [1.54, 1.807) is 6.26 Å². The predicted molar refractivity (Wildman–Crippen MR) is 59.3 cm³/mol. The molecule has 0 saturated heterocycles. The molecule has 0 aliphatic rings. The molecule has 0 radical (unpaired) electrons. The van der Waals surface area contributed by atoms with Crippen LogP contribution in [-0.2, 0) is 0 Å². The molecular formula is C12H17NO. The van der Waals surface area contributed by atoms with Crippen molar-refractivity contribution in [1.82, 2.24) is 4.98 Å². The smallest absolute Gasteiger partial charge is 0.135 e. The van der Waals surface area contributed by atoms with Gasteiger partial charge in [-0.25, -0.2) is 0 Å². The first kappa shape index (κ1) is 10.6. The molecule has 0 spiro atoms.